The predicted octanol–water partition coefficient (Wildman–Crippen LogP) is 4.74. The fourth-order valence-corrected chi connectivity index (χ4v) is 8.06. The Morgan fingerprint density at radius 1 is 0.912 bits per heavy atom. The van der Waals surface area contributed by atoms with Gasteiger partial charge in [-0.2, -0.15) is 0 Å². The van der Waals surface area contributed by atoms with Crippen molar-refractivity contribution in [3.8, 4) is 0 Å². The largest absolute Gasteiger partial charge is 0.359 e. The molecular weight excluding hydrogens is 479 g/mol. The number of hydrogen-bond acceptors (Lipinski definition) is 3. The summed E-state index contributed by atoms with van der Waals surface area (Å²) in [6.07, 6.45) is 6.43. The fraction of sp³-hybridized carbons (Fsp3) is 0.148. The van der Waals surface area contributed by atoms with Crippen LogP contribution < -0.4 is 20.6 Å². The molecule has 0 radical (unpaired) electrons. The summed E-state index contributed by atoms with van der Waals surface area (Å²) in [5, 5.41) is 7.16. The first kappa shape index (κ1) is 24.3. The Morgan fingerprint density at radius 2 is 1.47 bits per heavy atom. The first-order valence-electron chi connectivity index (χ1n) is 11.0. The van der Waals surface area contributed by atoms with E-state index in [1.54, 1.807) is 24.3 Å². The van der Waals surface area contributed by atoms with Gasteiger partial charge >= 0.3 is 0 Å². The highest BCUT2D eigenvalue weighted by Gasteiger charge is 2.30. The first-order valence-corrected chi connectivity index (χ1v) is 14.3. The molecule has 34 heavy (non-hydrogen) atoms. The molecule has 0 aromatic heterocycles. The number of thiocarbonyl (C=S) groups is 1. The standard InChI is InChI=1S/C27H27N2O2PS2/c1-20-16-18-24(19-17-20)34(30,31)29-27(33)28-21(2)25-14-9-15-26(25)32(22-10-5-3-6-11-22)23-12-7-4-8-13-23/h3-19,21,25H,1-2H3,(H2,28,29,33)/t21-,25+/m1/s1. The summed E-state index contributed by atoms with van der Waals surface area (Å²) < 4.78 is 28.0. The molecule has 0 saturated heterocycles. The van der Waals surface area contributed by atoms with E-state index >= 15 is 0 Å². The first-order chi connectivity index (χ1) is 16.3. The normalized spacial score (nSPS) is 16.2. The van der Waals surface area contributed by atoms with Crippen LogP contribution in [0.5, 0.6) is 0 Å². The molecule has 0 saturated carbocycles. The Balaban J connectivity index is 1.52. The fourth-order valence-electron chi connectivity index (χ4n) is 3.96. The highest BCUT2D eigenvalue weighted by molar-refractivity contribution is 7.91. The van der Waals surface area contributed by atoms with Crippen molar-refractivity contribution in [3.05, 3.63) is 114 Å². The van der Waals surface area contributed by atoms with E-state index in [1.165, 1.54) is 15.9 Å². The van der Waals surface area contributed by atoms with Crippen molar-refractivity contribution in [3.63, 3.8) is 0 Å². The van der Waals surface area contributed by atoms with Crippen LogP contribution in [0.15, 0.2) is 113 Å². The van der Waals surface area contributed by atoms with E-state index in [0.29, 0.717) is 0 Å². The summed E-state index contributed by atoms with van der Waals surface area (Å²) >= 11 is 5.39. The molecule has 0 bridgehead atoms. The Hall–Kier alpha value is -2.79. The van der Waals surface area contributed by atoms with E-state index in [4.69, 9.17) is 12.2 Å². The Labute approximate surface area is 208 Å². The minimum Gasteiger partial charge on any atom is -0.359 e. The summed E-state index contributed by atoms with van der Waals surface area (Å²) in [5.74, 6) is 0.0772. The number of nitrogens with one attached hydrogen (secondary N) is 2. The van der Waals surface area contributed by atoms with Crippen molar-refractivity contribution >= 4 is 45.9 Å². The van der Waals surface area contributed by atoms with Crippen LogP contribution in [0.3, 0.4) is 0 Å². The maximum Gasteiger partial charge on any atom is 0.263 e. The molecule has 0 amide bonds. The van der Waals surface area contributed by atoms with Gasteiger partial charge in [0.05, 0.1) is 4.90 Å². The lowest BCUT2D eigenvalue weighted by Gasteiger charge is -2.29. The molecule has 1 aliphatic rings. The van der Waals surface area contributed by atoms with Crippen LogP contribution in [0.4, 0.5) is 0 Å². The van der Waals surface area contributed by atoms with Crippen molar-refractivity contribution in [1.29, 1.82) is 0 Å². The zero-order valence-electron chi connectivity index (χ0n) is 19.0. The minimum atomic E-state index is -3.74. The third-order valence-electron chi connectivity index (χ3n) is 5.67. The lowest BCUT2D eigenvalue weighted by atomic mass is 10.0. The van der Waals surface area contributed by atoms with Crippen molar-refractivity contribution in [2.75, 3.05) is 0 Å². The van der Waals surface area contributed by atoms with Gasteiger partial charge in [0.2, 0.25) is 0 Å². The van der Waals surface area contributed by atoms with E-state index in [9.17, 15) is 8.42 Å². The maximum absolute atomic E-state index is 12.7. The molecule has 0 spiro atoms. The molecule has 0 fully saturated rings. The third-order valence-corrected chi connectivity index (χ3v) is 9.98. The zero-order valence-corrected chi connectivity index (χ0v) is 21.6. The van der Waals surface area contributed by atoms with Crippen LogP contribution >= 0.6 is 20.1 Å². The second-order valence-electron chi connectivity index (χ2n) is 8.19. The lowest BCUT2D eigenvalue weighted by molar-refractivity contribution is 0.567. The molecule has 4 rings (SSSR count). The molecule has 1 aliphatic carbocycles. The minimum absolute atomic E-state index is 0.0772. The molecule has 3 aromatic rings. The monoisotopic (exact) mass is 506 g/mol. The SMILES string of the molecule is Cc1ccc(S(=O)(=O)NC(=S)N[C@H](C)[C@@H]2C=CC=C2P(c2ccccc2)c2ccccc2)cc1. The Kier molecular flexibility index (Phi) is 7.62. The molecule has 7 heteroatoms. The van der Waals surface area contributed by atoms with Gasteiger partial charge in [-0.05, 0) is 62.0 Å². The van der Waals surface area contributed by atoms with Crippen molar-refractivity contribution in [2.45, 2.75) is 24.8 Å². The molecule has 174 valence electrons. The number of sulfonamides is 1. The topological polar surface area (TPSA) is 58.2 Å². The number of rotatable bonds is 7. The number of aryl methyl sites for hydroxylation is 1. The van der Waals surface area contributed by atoms with E-state index in [1.807, 2.05) is 26.0 Å². The second kappa shape index (κ2) is 10.6. The average molecular weight is 507 g/mol. The lowest BCUT2D eigenvalue weighted by Crippen LogP contribution is -2.45. The maximum atomic E-state index is 12.7. The smallest absolute Gasteiger partial charge is 0.263 e. The van der Waals surface area contributed by atoms with Crippen LogP contribution in [0.1, 0.15) is 12.5 Å². The van der Waals surface area contributed by atoms with E-state index in [2.05, 4.69) is 76.8 Å². The Bertz CT molecular complexity index is 1270. The van der Waals surface area contributed by atoms with Gasteiger partial charge in [0.25, 0.3) is 10.0 Å². The molecular formula is C27H27N2O2PS2. The molecule has 2 N–H and O–H groups in total. The molecule has 3 aromatic carbocycles. The highest BCUT2D eigenvalue weighted by atomic mass is 32.2. The third kappa shape index (κ3) is 5.64. The van der Waals surface area contributed by atoms with Crippen LogP contribution in [0.2, 0.25) is 0 Å². The Morgan fingerprint density at radius 3 is 2.03 bits per heavy atom. The summed E-state index contributed by atoms with van der Waals surface area (Å²) in [6.45, 7) is 3.95. The molecule has 4 nitrogen and oxygen atoms in total. The van der Waals surface area contributed by atoms with Crippen LogP contribution in [-0.2, 0) is 10.0 Å². The number of hydrogen-bond donors (Lipinski definition) is 2. The highest BCUT2D eigenvalue weighted by Crippen LogP contribution is 2.49. The average Bonchev–Trinajstić information content (AvgIpc) is 3.30. The van der Waals surface area contributed by atoms with Crippen LogP contribution in [0, 0.1) is 12.8 Å². The van der Waals surface area contributed by atoms with Gasteiger partial charge in [0.1, 0.15) is 0 Å². The van der Waals surface area contributed by atoms with Crippen molar-refractivity contribution in [2.24, 2.45) is 5.92 Å². The summed E-state index contributed by atoms with van der Waals surface area (Å²) in [5.41, 5.74) is 0.994. The van der Waals surface area contributed by atoms with Gasteiger partial charge in [0.15, 0.2) is 5.11 Å². The van der Waals surface area contributed by atoms with Gasteiger partial charge in [-0.25, -0.2) is 8.42 Å². The molecule has 0 heterocycles. The van der Waals surface area contributed by atoms with Crippen molar-refractivity contribution < 1.29 is 8.42 Å². The molecule has 0 aliphatic heterocycles. The number of allylic oxidation sites excluding steroid dienone is 2. The zero-order chi connectivity index (χ0) is 24.1. The van der Waals surface area contributed by atoms with Gasteiger partial charge < -0.3 is 5.32 Å². The number of benzene rings is 3. The predicted molar refractivity (Wildman–Crippen MR) is 146 cm³/mol. The quantitative estimate of drug-likeness (QED) is 0.359. The second-order valence-corrected chi connectivity index (χ2v) is 12.5. The summed E-state index contributed by atoms with van der Waals surface area (Å²) in [6, 6.07) is 27.6. The van der Waals surface area contributed by atoms with Crippen molar-refractivity contribution in [1.82, 2.24) is 10.0 Å². The van der Waals surface area contributed by atoms with E-state index in [-0.39, 0.29) is 22.0 Å². The van der Waals surface area contributed by atoms with Gasteiger partial charge in [-0.1, -0.05) is 96.6 Å². The van der Waals surface area contributed by atoms with Gasteiger partial charge in [-0.15, -0.1) is 0 Å². The van der Waals surface area contributed by atoms with Crippen LogP contribution in [0.25, 0.3) is 0 Å². The van der Waals surface area contributed by atoms with Gasteiger partial charge in [-0.3, -0.25) is 4.72 Å². The van der Waals surface area contributed by atoms with E-state index < -0.39 is 17.9 Å². The van der Waals surface area contributed by atoms with Crippen LogP contribution in [-0.4, -0.2) is 19.6 Å². The summed E-state index contributed by atoms with van der Waals surface area (Å²) in [7, 11) is -4.48. The summed E-state index contributed by atoms with van der Waals surface area (Å²) in [4.78, 5) is 0.188. The molecule has 0 unspecified atom stereocenters. The van der Waals surface area contributed by atoms with E-state index in [0.717, 1.165) is 5.56 Å². The molecule has 2 atom stereocenters. The van der Waals surface area contributed by atoms with Gasteiger partial charge in [0, 0.05) is 12.0 Å².